The summed E-state index contributed by atoms with van der Waals surface area (Å²) in [7, 11) is 0. The summed E-state index contributed by atoms with van der Waals surface area (Å²) in [6, 6.07) is 0. The molecule has 0 saturated carbocycles. The second kappa shape index (κ2) is 55.5. The van der Waals surface area contributed by atoms with Crippen molar-refractivity contribution in [3.05, 3.63) is 0 Å². The van der Waals surface area contributed by atoms with E-state index in [-0.39, 0.29) is 61.6 Å². The Balaban J connectivity index is 0. The van der Waals surface area contributed by atoms with Gasteiger partial charge in [-0.05, 0) is 0 Å². The van der Waals surface area contributed by atoms with Gasteiger partial charge in [0.1, 0.15) is 0 Å². The standard InChI is InChI=1S/CH4.BrH.3ClH/h1H4;4*1H. The molecule has 0 nitrogen and oxygen atoms in total. The molecule has 0 heterocycles. The van der Waals surface area contributed by atoms with Crippen molar-refractivity contribution in [2.45, 2.75) is 7.43 Å². The second-order valence-corrected chi connectivity index (χ2v) is 0. The summed E-state index contributed by atoms with van der Waals surface area (Å²) in [4.78, 5) is 0. The van der Waals surface area contributed by atoms with Crippen LogP contribution in [0.15, 0.2) is 0 Å². The lowest BCUT2D eigenvalue weighted by atomic mass is 12.0. The van der Waals surface area contributed by atoms with Gasteiger partial charge in [0.2, 0.25) is 0 Å². The van der Waals surface area contributed by atoms with Gasteiger partial charge in [0.15, 0.2) is 0 Å². The fraction of sp³-hybridized carbons (Fsp3) is 1.00. The quantitative estimate of drug-likeness (QED) is 0.571. The molecule has 0 aliphatic heterocycles. The molecule has 0 rings (SSSR count). The molecule has 0 bridgehead atoms. The zero-order chi connectivity index (χ0) is 0. The van der Waals surface area contributed by atoms with E-state index in [0.717, 1.165) is 0 Å². The molecule has 0 fully saturated rings. The van der Waals surface area contributed by atoms with Gasteiger partial charge < -0.3 is 0 Å². The minimum absolute atomic E-state index is 0. The Morgan fingerprint density at radius 2 is 0.600 bits per heavy atom. The molecule has 0 unspecified atom stereocenters. The first-order chi connectivity index (χ1) is 0. The molecule has 0 amide bonds. The number of hydrogen-bond acceptors (Lipinski definition) is 0. The van der Waals surface area contributed by atoms with Gasteiger partial charge in [-0.3, -0.25) is 0 Å². The van der Waals surface area contributed by atoms with E-state index in [1.54, 1.807) is 0 Å². The maximum atomic E-state index is 0. The van der Waals surface area contributed by atoms with Crippen LogP contribution in [0.3, 0.4) is 0 Å². The summed E-state index contributed by atoms with van der Waals surface area (Å²) in [5, 5.41) is 0. The first-order valence-corrected chi connectivity index (χ1v) is 0. The van der Waals surface area contributed by atoms with E-state index in [4.69, 9.17) is 0 Å². The van der Waals surface area contributed by atoms with Crippen molar-refractivity contribution in [2.24, 2.45) is 0 Å². The lowest BCUT2D eigenvalue weighted by molar-refractivity contribution is 2.50. The second-order valence-electron chi connectivity index (χ2n) is 0. The van der Waals surface area contributed by atoms with Crippen molar-refractivity contribution in [1.29, 1.82) is 0 Å². The van der Waals surface area contributed by atoms with E-state index >= 15 is 0 Å². The van der Waals surface area contributed by atoms with E-state index in [9.17, 15) is 0 Å². The Morgan fingerprint density at radius 3 is 0.600 bits per heavy atom. The van der Waals surface area contributed by atoms with Crippen LogP contribution in [0, 0.1) is 0 Å². The molecule has 0 radical (unpaired) electrons. The summed E-state index contributed by atoms with van der Waals surface area (Å²) < 4.78 is 0. The summed E-state index contributed by atoms with van der Waals surface area (Å²) in [5.74, 6) is 0. The van der Waals surface area contributed by atoms with Crippen LogP contribution >= 0.6 is 54.2 Å². The molecule has 0 atom stereocenters. The summed E-state index contributed by atoms with van der Waals surface area (Å²) in [6.45, 7) is 0. The van der Waals surface area contributed by atoms with Crippen molar-refractivity contribution in [2.75, 3.05) is 0 Å². The summed E-state index contributed by atoms with van der Waals surface area (Å²) in [6.07, 6.45) is 0. The highest BCUT2D eigenvalue weighted by atomic mass is 79.9. The fourth-order valence-corrected chi connectivity index (χ4v) is 0. The van der Waals surface area contributed by atoms with Crippen molar-refractivity contribution in [3.63, 3.8) is 0 Å². The Bertz CT molecular complexity index is 6.85. The minimum Gasteiger partial charge on any atom is -0.147 e. The topological polar surface area (TPSA) is 0 Å². The van der Waals surface area contributed by atoms with E-state index in [0.29, 0.717) is 0 Å². The van der Waals surface area contributed by atoms with Gasteiger partial charge >= 0.3 is 0 Å². The first kappa shape index (κ1) is 99.7. The van der Waals surface area contributed by atoms with Crippen LogP contribution in [-0.2, 0) is 0 Å². The van der Waals surface area contributed by atoms with Crippen LogP contribution < -0.4 is 0 Å². The number of rotatable bonds is 0. The van der Waals surface area contributed by atoms with Gasteiger partial charge in [0, 0.05) is 0 Å². The number of hydrogen-bond donors (Lipinski definition) is 0. The van der Waals surface area contributed by atoms with Gasteiger partial charge in [-0.1, -0.05) is 7.43 Å². The Morgan fingerprint density at radius 1 is 0.600 bits per heavy atom. The third kappa shape index (κ3) is 32.9. The predicted molar refractivity (Wildman–Crippen MR) is 38.8 cm³/mol. The summed E-state index contributed by atoms with van der Waals surface area (Å²) in [5.41, 5.74) is 0. The molecule has 0 aromatic carbocycles. The van der Waals surface area contributed by atoms with Crippen molar-refractivity contribution >= 4 is 54.2 Å². The average molecular weight is 206 g/mol. The van der Waals surface area contributed by atoms with Crippen LogP contribution in [0.4, 0.5) is 0 Å². The zero-order valence-electron chi connectivity index (χ0n) is 1.63. The monoisotopic (exact) mass is 204 g/mol. The highest BCUT2D eigenvalue weighted by molar-refractivity contribution is 8.93. The van der Waals surface area contributed by atoms with Gasteiger partial charge in [-0.15, -0.1) is 54.2 Å². The minimum atomic E-state index is 0. The summed E-state index contributed by atoms with van der Waals surface area (Å²) >= 11 is 0. The molecule has 0 aromatic heterocycles. The highest BCUT2D eigenvalue weighted by Crippen LogP contribution is 0.846. The van der Waals surface area contributed by atoms with Crippen molar-refractivity contribution in [3.8, 4) is 0 Å². The third-order valence-corrected chi connectivity index (χ3v) is 0. The maximum absolute atomic E-state index is 0. The zero-order valence-corrected chi connectivity index (χ0v) is 5.80. The molecule has 40 valence electrons. The lowest BCUT2D eigenvalue weighted by Gasteiger charge is -0.148. The molecule has 0 aliphatic rings. The van der Waals surface area contributed by atoms with Crippen LogP contribution in [0.1, 0.15) is 7.43 Å². The Kier molecular flexibility index (Phi) is 1110. The van der Waals surface area contributed by atoms with Crippen molar-refractivity contribution in [1.82, 2.24) is 0 Å². The highest BCUT2D eigenvalue weighted by Gasteiger charge is -0.0775. The molecule has 0 aromatic rings. The van der Waals surface area contributed by atoms with Crippen LogP contribution in [0.25, 0.3) is 0 Å². The molecule has 0 saturated heterocycles. The van der Waals surface area contributed by atoms with Gasteiger partial charge in [-0.25, -0.2) is 0 Å². The normalized spacial score (nSPS) is 0. The van der Waals surface area contributed by atoms with E-state index in [1.165, 1.54) is 0 Å². The largest absolute Gasteiger partial charge is 0.147 e. The first-order valence-electron chi connectivity index (χ1n) is 0. The fourth-order valence-electron chi connectivity index (χ4n) is 0. The Hall–Kier alpha value is 1.35. The van der Waals surface area contributed by atoms with Gasteiger partial charge in [-0.2, -0.15) is 0 Å². The molecule has 0 aliphatic carbocycles. The predicted octanol–water partition coefficient (Wildman–Crippen LogP) is 2.48. The molecule has 5 heavy (non-hydrogen) atoms. The molecule has 0 spiro atoms. The van der Waals surface area contributed by atoms with Gasteiger partial charge in [0.25, 0.3) is 0 Å². The van der Waals surface area contributed by atoms with Crippen LogP contribution in [0.2, 0.25) is 0 Å². The maximum Gasteiger partial charge on any atom is -0.0776 e. The third-order valence-electron chi connectivity index (χ3n) is 0. The average Bonchev–Trinajstić information content (AvgIpc) is 0. The Labute approximate surface area is 61.7 Å². The van der Waals surface area contributed by atoms with Gasteiger partial charge in [0.05, 0.1) is 0 Å². The SMILES string of the molecule is Br.C.Cl.Cl.Cl. The van der Waals surface area contributed by atoms with E-state index < -0.39 is 0 Å². The van der Waals surface area contributed by atoms with Crippen LogP contribution in [0.5, 0.6) is 0 Å². The van der Waals surface area contributed by atoms with E-state index in [2.05, 4.69) is 0 Å². The molecular formula is CH8BrCl3. The molecule has 0 N–H and O–H groups in total. The molecule has 4 heteroatoms. The van der Waals surface area contributed by atoms with Crippen LogP contribution in [-0.4, -0.2) is 0 Å². The number of halogens is 4. The van der Waals surface area contributed by atoms with E-state index in [1.807, 2.05) is 0 Å². The van der Waals surface area contributed by atoms with Crippen molar-refractivity contribution < 1.29 is 0 Å². The smallest absolute Gasteiger partial charge is 0.0776 e. The lowest BCUT2D eigenvalue weighted by Crippen LogP contribution is 0.144. The molecular weight excluding hydrogens is 198 g/mol.